The summed E-state index contributed by atoms with van der Waals surface area (Å²) in [6.45, 7) is 4.64. The third-order valence-corrected chi connectivity index (χ3v) is 4.14. The van der Waals surface area contributed by atoms with Gasteiger partial charge in [-0.15, -0.1) is 0 Å². The highest BCUT2D eigenvalue weighted by Crippen LogP contribution is 2.33. The van der Waals surface area contributed by atoms with E-state index in [0.29, 0.717) is 6.04 Å². The molecule has 0 aromatic carbocycles. The van der Waals surface area contributed by atoms with E-state index in [9.17, 15) is 0 Å². The highest BCUT2D eigenvalue weighted by molar-refractivity contribution is 4.82. The molecule has 1 aliphatic carbocycles. The third-order valence-electron chi connectivity index (χ3n) is 4.14. The molecule has 0 amide bonds. The van der Waals surface area contributed by atoms with E-state index in [1.807, 2.05) is 0 Å². The SMILES string of the molecule is CCCCCCCC(NN)C1CCC(C)C1. The van der Waals surface area contributed by atoms with Crippen LogP contribution >= 0.6 is 0 Å². The number of hydrogen-bond acceptors (Lipinski definition) is 2. The first kappa shape index (κ1) is 14.0. The monoisotopic (exact) mass is 226 g/mol. The molecular formula is C14H30N2. The van der Waals surface area contributed by atoms with Gasteiger partial charge in [0.15, 0.2) is 0 Å². The zero-order valence-electron chi connectivity index (χ0n) is 11.2. The minimum atomic E-state index is 0.576. The van der Waals surface area contributed by atoms with E-state index in [2.05, 4.69) is 19.3 Å². The largest absolute Gasteiger partial charge is 0.271 e. The Morgan fingerprint density at radius 2 is 1.94 bits per heavy atom. The minimum absolute atomic E-state index is 0.576. The highest BCUT2D eigenvalue weighted by Gasteiger charge is 2.27. The molecule has 0 spiro atoms. The molecule has 3 atom stereocenters. The van der Waals surface area contributed by atoms with Crippen molar-refractivity contribution in [3.8, 4) is 0 Å². The second kappa shape index (κ2) is 8.08. The standard InChI is InChI=1S/C14H30N2/c1-3-4-5-6-7-8-14(16-15)13-10-9-12(2)11-13/h12-14,16H,3-11,15H2,1-2H3. The number of rotatable bonds is 8. The Hall–Kier alpha value is -0.0800. The van der Waals surface area contributed by atoms with Crippen molar-refractivity contribution in [2.24, 2.45) is 17.7 Å². The van der Waals surface area contributed by atoms with E-state index in [4.69, 9.17) is 5.84 Å². The van der Waals surface area contributed by atoms with Crippen LogP contribution in [0.2, 0.25) is 0 Å². The van der Waals surface area contributed by atoms with Gasteiger partial charge in [0.1, 0.15) is 0 Å². The Balaban J connectivity index is 2.11. The molecule has 0 bridgehead atoms. The zero-order chi connectivity index (χ0) is 11.8. The fourth-order valence-electron chi connectivity index (χ4n) is 3.04. The molecule has 96 valence electrons. The van der Waals surface area contributed by atoms with Crippen molar-refractivity contribution in [3.05, 3.63) is 0 Å². The predicted octanol–water partition coefficient (Wildman–Crippen LogP) is 3.62. The fourth-order valence-corrected chi connectivity index (χ4v) is 3.04. The number of hydrazine groups is 1. The molecule has 2 heteroatoms. The van der Waals surface area contributed by atoms with Crippen molar-refractivity contribution in [1.29, 1.82) is 0 Å². The average Bonchev–Trinajstić information content (AvgIpc) is 2.70. The quantitative estimate of drug-likeness (QED) is 0.377. The first-order chi connectivity index (χ1) is 7.77. The summed E-state index contributed by atoms with van der Waals surface area (Å²) in [4.78, 5) is 0. The van der Waals surface area contributed by atoms with E-state index in [-0.39, 0.29) is 0 Å². The van der Waals surface area contributed by atoms with Gasteiger partial charge in [-0.2, -0.15) is 0 Å². The lowest BCUT2D eigenvalue weighted by Crippen LogP contribution is -2.40. The fraction of sp³-hybridized carbons (Fsp3) is 1.00. The van der Waals surface area contributed by atoms with Crippen molar-refractivity contribution in [2.75, 3.05) is 0 Å². The summed E-state index contributed by atoms with van der Waals surface area (Å²) in [5, 5.41) is 0. The van der Waals surface area contributed by atoms with Gasteiger partial charge in [0.05, 0.1) is 0 Å². The van der Waals surface area contributed by atoms with E-state index in [0.717, 1.165) is 11.8 Å². The molecule has 0 saturated heterocycles. The van der Waals surface area contributed by atoms with Crippen LogP contribution in [0.3, 0.4) is 0 Å². The Morgan fingerprint density at radius 3 is 2.50 bits per heavy atom. The van der Waals surface area contributed by atoms with E-state index in [1.165, 1.54) is 57.8 Å². The smallest absolute Gasteiger partial charge is 0.0238 e. The lowest BCUT2D eigenvalue weighted by Gasteiger charge is -2.22. The third kappa shape index (κ3) is 4.84. The first-order valence-electron chi connectivity index (χ1n) is 7.24. The Kier molecular flexibility index (Phi) is 7.06. The molecular weight excluding hydrogens is 196 g/mol. The summed E-state index contributed by atoms with van der Waals surface area (Å²) < 4.78 is 0. The summed E-state index contributed by atoms with van der Waals surface area (Å²) in [5.41, 5.74) is 3.06. The van der Waals surface area contributed by atoms with Crippen LogP contribution < -0.4 is 11.3 Å². The van der Waals surface area contributed by atoms with Gasteiger partial charge in [-0.05, 0) is 31.1 Å². The van der Waals surface area contributed by atoms with Gasteiger partial charge < -0.3 is 0 Å². The summed E-state index contributed by atoms with van der Waals surface area (Å²) in [7, 11) is 0. The molecule has 0 heterocycles. The normalized spacial score (nSPS) is 27.2. The van der Waals surface area contributed by atoms with Crippen LogP contribution in [0.5, 0.6) is 0 Å². The van der Waals surface area contributed by atoms with Gasteiger partial charge in [0.25, 0.3) is 0 Å². The van der Waals surface area contributed by atoms with E-state index in [1.54, 1.807) is 0 Å². The van der Waals surface area contributed by atoms with Crippen LogP contribution in [-0.4, -0.2) is 6.04 Å². The van der Waals surface area contributed by atoms with Crippen LogP contribution in [0.4, 0.5) is 0 Å². The average molecular weight is 226 g/mol. The molecule has 0 aliphatic heterocycles. The molecule has 0 aromatic heterocycles. The van der Waals surface area contributed by atoms with Crippen molar-refractivity contribution >= 4 is 0 Å². The molecule has 3 N–H and O–H groups in total. The maximum absolute atomic E-state index is 5.69. The highest BCUT2D eigenvalue weighted by atomic mass is 15.2. The molecule has 1 rings (SSSR count). The summed E-state index contributed by atoms with van der Waals surface area (Å²) in [6.07, 6.45) is 12.3. The lowest BCUT2D eigenvalue weighted by atomic mass is 9.93. The van der Waals surface area contributed by atoms with Crippen LogP contribution in [0, 0.1) is 11.8 Å². The van der Waals surface area contributed by atoms with Crippen molar-refractivity contribution in [1.82, 2.24) is 5.43 Å². The van der Waals surface area contributed by atoms with Gasteiger partial charge in [-0.25, -0.2) is 0 Å². The minimum Gasteiger partial charge on any atom is -0.271 e. The number of nitrogens with one attached hydrogen (secondary N) is 1. The molecule has 1 aliphatic rings. The summed E-state index contributed by atoms with van der Waals surface area (Å²) >= 11 is 0. The second-order valence-electron chi connectivity index (χ2n) is 5.65. The maximum Gasteiger partial charge on any atom is 0.0238 e. The Bertz CT molecular complexity index is 170. The van der Waals surface area contributed by atoms with E-state index >= 15 is 0 Å². The first-order valence-corrected chi connectivity index (χ1v) is 7.24. The number of nitrogens with two attached hydrogens (primary N) is 1. The van der Waals surface area contributed by atoms with Crippen molar-refractivity contribution in [2.45, 2.75) is 77.7 Å². The molecule has 0 aromatic rings. The number of hydrogen-bond donors (Lipinski definition) is 2. The predicted molar refractivity (Wildman–Crippen MR) is 71.0 cm³/mol. The molecule has 3 unspecified atom stereocenters. The Labute approximate surface area is 101 Å². The lowest BCUT2D eigenvalue weighted by molar-refractivity contribution is 0.327. The second-order valence-corrected chi connectivity index (χ2v) is 5.65. The van der Waals surface area contributed by atoms with Gasteiger partial charge in [-0.3, -0.25) is 11.3 Å². The van der Waals surface area contributed by atoms with Gasteiger partial charge in [0, 0.05) is 6.04 Å². The van der Waals surface area contributed by atoms with Gasteiger partial charge >= 0.3 is 0 Å². The Morgan fingerprint density at radius 1 is 1.19 bits per heavy atom. The zero-order valence-corrected chi connectivity index (χ0v) is 11.2. The maximum atomic E-state index is 5.69. The topological polar surface area (TPSA) is 38.0 Å². The molecule has 0 radical (unpaired) electrons. The van der Waals surface area contributed by atoms with Crippen LogP contribution in [0.25, 0.3) is 0 Å². The summed E-state index contributed by atoms with van der Waals surface area (Å²) in [6, 6.07) is 0.576. The van der Waals surface area contributed by atoms with Crippen molar-refractivity contribution < 1.29 is 0 Å². The molecule has 16 heavy (non-hydrogen) atoms. The van der Waals surface area contributed by atoms with Crippen LogP contribution in [0.1, 0.15) is 71.6 Å². The number of unbranched alkanes of at least 4 members (excludes halogenated alkanes) is 4. The van der Waals surface area contributed by atoms with E-state index < -0.39 is 0 Å². The van der Waals surface area contributed by atoms with Crippen LogP contribution in [0.15, 0.2) is 0 Å². The van der Waals surface area contributed by atoms with Gasteiger partial charge in [0.2, 0.25) is 0 Å². The molecule has 1 fully saturated rings. The van der Waals surface area contributed by atoms with Crippen LogP contribution in [-0.2, 0) is 0 Å². The molecule has 1 saturated carbocycles. The molecule has 2 nitrogen and oxygen atoms in total. The van der Waals surface area contributed by atoms with Gasteiger partial charge in [-0.1, -0.05) is 52.4 Å². The summed E-state index contributed by atoms with van der Waals surface area (Å²) in [5.74, 6) is 7.45. The van der Waals surface area contributed by atoms with Crippen molar-refractivity contribution in [3.63, 3.8) is 0 Å².